The Morgan fingerprint density at radius 1 is 0.326 bits per heavy atom. The highest BCUT2D eigenvalue weighted by molar-refractivity contribution is 6.21. The van der Waals surface area contributed by atoms with Crippen molar-refractivity contribution in [1.82, 2.24) is 9.78 Å². The van der Waals surface area contributed by atoms with Gasteiger partial charge in [-0.3, -0.25) is 0 Å². The number of aromatic nitrogens is 2. The molecule has 0 saturated carbocycles. The number of nitrogens with zero attached hydrogens (tertiary/aromatic N) is 2. The first kappa shape index (κ1) is 25.0. The van der Waals surface area contributed by atoms with Crippen molar-refractivity contribution in [3.63, 3.8) is 0 Å². The third kappa shape index (κ3) is 4.50. The minimum absolute atomic E-state index is 1.04. The fourth-order valence-electron chi connectivity index (χ4n) is 6.23. The van der Waals surface area contributed by atoms with Crippen molar-refractivity contribution in [3.8, 4) is 50.2 Å². The average molecular weight is 549 g/mol. The first-order valence-corrected chi connectivity index (χ1v) is 14.6. The zero-order chi connectivity index (χ0) is 28.6. The van der Waals surface area contributed by atoms with E-state index in [2.05, 4.69) is 163 Å². The Balaban J connectivity index is 1.24. The molecule has 0 fully saturated rings. The highest BCUT2D eigenvalue weighted by Gasteiger charge is 2.16. The van der Waals surface area contributed by atoms with Crippen LogP contribution in [0.15, 0.2) is 170 Å². The van der Waals surface area contributed by atoms with E-state index >= 15 is 0 Å². The van der Waals surface area contributed by atoms with Gasteiger partial charge >= 0.3 is 0 Å². The molecule has 2 nitrogen and oxygen atoms in total. The zero-order valence-electron chi connectivity index (χ0n) is 23.6. The third-order valence-corrected chi connectivity index (χ3v) is 8.32. The minimum atomic E-state index is 1.04. The summed E-state index contributed by atoms with van der Waals surface area (Å²) >= 11 is 0. The normalized spacial score (nSPS) is 11.3. The lowest BCUT2D eigenvalue weighted by Crippen LogP contribution is -1.94. The van der Waals surface area contributed by atoms with Gasteiger partial charge in [-0.25, -0.2) is 4.68 Å². The van der Waals surface area contributed by atoms with Gasteiger partial charge in [-0.1, -0.05) is 146 Å². The van der Waals surface area contributed by atoms with E-state index in [0.717, 1.165) is 16.8 Å². The fourth-order valence-corrected chi connectivity index (χ4v) is 6.23. The average Bonchev–Trinajstić information content (AvgIpc) is 3.59. The van der Waals surface area contributed by atoms with Crippen LogP contribution in [0, 0.1) is 0 Å². The van der Waals surface area contributed by atoms with Gasteiger partial charge < -0.3 is 0 Å². The Bertz CT molecular complexity index is 2140. The van der Waals surface area contributed by atoms with Gasteiger partial charge in [0.1, 0.15) is 0 Å². The van der Waals surface area contributed by atoms with Gasteiger partial charge in [0.25, 0.3) is 0 Å². The van der Waals surface area contributed by atoms with Crippen molar-refractivity contribution in [2.24, 2.45) is 0 Å². The molecule has 43 heavy (non-hydrogen) atoms. The van der Waals surface area contributed by atoms with Crippen LogP contribution in [-0.2, 0) is 0 Å². The lowest BCUT2D eigenvalue weighted by atomic mass is 9.85. The molecule has 0 unspecified atom stereocenters. The van der Waals surface area contributed by atoms with Crippen molar-refractivity contribution < 1.29 is 0 Å². The fraction of sp³-hybridized carbons (Fsp3) is 0. The predicted octanol–water partition coefficient (Wildman–Crippen LogP) is 10.8. The summed E-state index contributed by atoms with van der Waals surface area (Å²) in [5, 5.41) is 9.67. The molecule has 0 aliphatic heterocycles. The summed E-state index contributed by atoms with van der Waals surface area (Å²) in [7, 11) is 0. The number of rotatable bonds is 5. The standard InChI is InChI=1S/C41H28N2/c1-3-11-29(12-4-1)31-19-21-32(22-20-31)40-36-15-7-9-17-38(36)41(39-18-10-8-16-37(39)40)33-23-25-35(26-24-33)43-28-34(27-42-43)30-13-5-2-6-14-30/h1-28H. The van der Waals surface area contributed by atoms with E-state index in [1.165, 1.54) is 54.9 Å². The van der Waals surface area contributed by atoms with Crippen molar-refractivity contribution in [3.05, 3.63) is 170 Å². The van der Waals surface area contributed by atoms with E-state index in [1.54, 1.807) is 0 Å². The largest absolute Gasteiger partial charge is 0.240 e. The van der Waals surface area contributed by atoms with Crippen LogP contribution in [0.2, 0.25) is 0 Å². The lowest BCUT2D eigenvalue weighted by molar-refractivity contribution is 0.881. The van der Waals surface area contributed by atoms with Crippen molar-refractivity contribution in [2.45, 2.75) is 0 Å². The highest BCUT2D eigenvalue weighted by atomic mass is 15.3. The molecule has 0 spiro atoms. The van der Waals surface area contributed by atoms with Crippen LogP contribution >= 0.6 is 0 Å². The molecule has 2 heteroatoms. The molecule has 8 rings (SSSR count). The van der Waals surface area contributed by atoms with Gasteiger partial charge in [0.2, 0.25) is 0 Å². The van der Waals surface area contributed by atoms with Gasteiger partial charge in [-0.15, -0.1) is 0 Å². The van der Waals surface area contributed by atoms with E-state index in [1.807, 2.05) is 16.9 Å². The summed E-state index contributed by atoms with van der Waals surface area (Å²) in [4.78, 5) is 0. The topological polar surface area (TPSA) is 17.8 Å². The van der Waals surface area contributed by atoms with Crippen LogP contribution in [0.25, 0.3) is 71.7 Å². The maximum absolute atomic E-state index is 4.65. The first-order chi connectivity index (χ1) is 21.3. The monoisotopic (exact) mass is 548 g/mol. The summed E-state index contributed by atoms with van der Waals surface area (Å²) in [6.07, 6.45) is 4.02. The molecule has 0 N–H and O–H groups in total. The van der Waals surface area contributed by atoms with Gasteiger partial charge in [0.05, 0.1) is 11.9 Å². The Hall–Kier alpha value is -5.73. The molecule has 0 aliphatic rings. The van der Waals surface area contributed by atoms with E-state index < -0.39 is 0 Å². The minimum Gasteiger partial charge on any atom is -0.240 e. The molecule has 7 aromatic carbocycles. The summed E-state index contributed by atoms with van der Waals surface area (Å²) < 4.78 is 1.95. The molecule has 1 aromatic heterocycles. The molecule has 202 valence electrons. The van der Waals surface area contributed by atoms with Crippen LogP contribution < -0.4 is 0 Å². The van der Waals surface area contributed by atoms with Crippen LogP contribution in [0.1, 0.15) is 0 Å². The van der Waals surface area contributed by atoms with Crippen LogP contribution in [0.4, 0.5) is 0 Å². The van der Waals surface area contributed by atoms with Crippen molar-refractivity contribution in [1.29, 1.82) is 0 Å². The van der Waals surface area contributed by atoms with Gasteiger partial charge in [-0.2, -0.15) is 5.10 Å². The SMILES string of the molecule is c1ccc(-c2ccc(-c3c4ccccc4c(-c4ccc(-n5cc(-c6ccccc6)cn5)cc4)c4ccccc34)cc2)cc1. The number of hydrogen-bond donors (Lipinski definition) is 0. The Kier molecular flexibility index (Phi) is 6.16. The van der Waals surface area contributed by atoms with E-state index in [9.17, 15) is 0 Å². The number of fused-ring (bicyclic) bond motifs is 2. The lowest BCUT2D eigenvalue weighted by Gasteiger charge is -2.18. The van der Waals surface area contributed by atoms with Crippen molar-refractivity contribution in [2.75, 3.05) is 0 Å². The second-order valence-electron chi connectivity index (χ2n) is 10.9. The summed E-state index contributed by atoms with van der Waals surface area (Å²) in [5.41, 5.74) is 10.7. The first-order valence-electron chi connectivity index (χ1n) is 14.6. The molecule has 0 aliphatic carbocycles. The molecule has 0 saturated heterocycles. The quantitative estimate of drug-likeness (QED) is 0.196. The maximum atomic E-state index is 4.65. The zero-order valence-corrected chi connectivity index (χ0v) is 23.6. The van der Waals surface area contributed by atoms with E-state index in [-0.39, 0.29) is 0 Å². The molecule has 0 amide bonds. The molecular weight excluding hydrogens is 520 g/mol. The molecule has 0 bridgehead atoms. The van der Waals surface area contributed by atoms with Gasteiger partial charge in [0, 0.05) is 11.8 Å². The van der Waals surface area contributed by atoms with Gasteiger partial charge in [-0.05, 0) is 72.6 Å². The Morgan fingerprint density at radius 2 is 0.698 bits per heavy atom. The molecular formula is C41H28N2. The Morgan fingerprint density at radius 3 is 1.19 bits per heavy atom. The highest BCUT2D eigenvalue weighted by Crippen LogP contribution is 2.44. The van der Waals surface area contributed by atoms with Crippen LogP contribution in [0.5, 0.6) is 0 Å². The molecule has 8 aromatic rings. The van der Waals surface area contributed by atoms with Crippen LogP contribution in [-0.4, -0.2) is 9.78 Å². The van der Waals surface area contributed by atoms with E-state index in [4.69, 9.17) is 0 Å². The maximum Gasteiger partial charge on any atom is 0.0646 e. The summed E-state index contributed by atoms with van der Waals surface area (Å²) in [6, 6.07) is 56.3. The van der Waals surface area contributed by atoms with Crippen molar-refractivity contribution >= 4 is 21.5 Å². The van der Waals surface area contributed by atoms with Crippen LogP contribution in [0.3, 0.4) is 0 Å². The molecule has 1 heterocycles. The second kappa shape index (κ2) is 10.6. The Labute approximate surface area is 251 Å². The third-order valence-electron chi connectivity index (χ3n) is 8.32. The number of hydrogen-bond acceptors (Lipinski definition) is 1. The summed E-state index contributed by atoms with van der Waals surface area (Å²) in [6.45, 7) is 0. The predicted molar refractivity (Wildman–Crippen MR) is 180 cm³/mol. The molecule has 0 radical (unpaired) electrons. The van der Waals surface area contributed by atoms with E-state index in [0.29, 0.717) is 0 Å². The number of benzene rings is 7. The smallest absolute Gasteiger partial charge is 0.0646 e. The summed E-state index contributed by atoms with van der Waals surface area (Å²) in [5.74, 6) is 0. The van der Waals surface area contributed by atoms with Gasteiger partial charge in [0.15, 0.2) is 0 Å². The molecule has 0 atom stereocenters. The second-order valence-corrected chi connectivity index (χ2v) is 10.9.